The van der Waals surface area contributed by atoms with Gasteiger partial charge in [-0.2, -0.15) is 0 Å². The Morgan fingerprint density at radius 3 is 2.54 bits per heavy atom. The van der Waals surface area contributed by atoms with Gasteiger partial charge in [-0.05, 0) is 43.3 Å². The molecular weight excluding hydrogens is 494 g/mol. The third-order valence-electron chi connectivity index (χ3n) is 6.16. The first-order valence-corrected chi connectivity index (χ1v) is 12.2. The molecule has 4 N–H and O–H groups in total. The van der Waals surface area contributed by atoms with Gasteiger partial charge in [0.2, 0.25) is 0 Å². The number of hydrogen-bond acceptors (Lipinski definition) is 9. The lowest BCUT2D eigenvalue weighted by atomic mass is 9.96. The molecule has 0 fully saturated rings. The summed E-state index contributed by atoms with van der Waals surface area (Å²) in [6.07, 6.45) is 4.03. The average Bonchev–Trinajstić information content (AvgIpc) is 2.89. The van der Waals surface area contributed by atoms with Gasteiger partial charge in [0, 0.05) is 41.9 Å². The molecule has 0 spiro atoms. The van der Waals surface area contributed by atoms with Crippen LogP contribution in [0.3, 0.4) is 0 Å². The van der Waals surface area contributed by atoms with Crippen molar-refractivity contribution in [2.24, 2.45) is 0 Å². The van der Waals surface area contributed by atoms with E-state index in [1.165, 1.54) is 30.1 Å². The second kappa shape index (κ2) is 10.1. The minimum Gasteiger partial charge on any atom is -0.507 e. The summed E-state index contributed by atoms with van der Waals surface area (Å²) in [6.45, 7) is 1.50. The van der Waals surface area contributed by atoms with Crippen molar-refractivity contribution in [2.75, 3.05) is 20.1 Å². The second-order valence-corrected chi connectivity index (χ2v) is 9.76. The highest BCUT2D eigenvalue weighted by molar-refractivity contribution is 7.99. The van der Waals surface area contributed by atoms with Crippen molar-refractivity contribution in [1.29, 1.82) is 0 Å². The zero-order chi connectivity index (χ0) is 26.1. The SMILES string of the molecule is CN1CC=C(c2c(O)cc(O)c3c(=O)cc(-c4ccc(Sc5ccc(C(=O)NO)cn5)cc4)oc23)CC1. The number of nitrogens with one attached hydrogen (secondary N) is 1. The van der Waals surface area contributed by atoms with E-state index in [9.17, 15) is 19.8 Å². The molecule has 0 saturated heterocycles. The van der Waals surface area contributed by atoms with Crippen LogP contribution in [-0.4, -0.2) is 51.3 Å². The lowest BCUT2D eigenvalue weighted by Gasteiger charge is -2.23. The molecule has 10 heteroatoms. The van der Waals surface area contributed by atoms with Crippen LogP contribution in [0.15, 0.2) is 79.9 Å². The third kappa shape index (κ3) is 4.94. The number of benzene rings is 2. The number of phenols is 2. The molecule has 0 bridgehead atoms. The van der Waals surface area contributed by atoms with Crippen molar-refractivity contribution in [3.63, 3.8) is 0 Å². The summed E-state index contributed by atoms with van der Waals surface area (Å²) in [5.41, 5.74) is 3.50. The molecule has 9 nitrogen and oxygen atoms in total. The molecule has 1 aliphatic heterocycles. The summed E-state index contributed by atoms with van der Waals surface area (Å²) in [5, 5.41) is 30.5. The number of aromatic hydroxyl groups is 2. The van der Waals surface area contributed by atoms with Gasteiger partial charge in [-0.3, -0.25) is 14.8 Å². The van der Waals surface area contributed by atoms with Gasteiger partial charge in [0.15, 0.2) is 11.0 Å². The Labute approximate surface area is 215 Å². The maximum absolute atomic E-state index is 13.0. The number of hydrogen-bond donors (Lipinski definition) is 4. The fraction of sp³-hybridized carbons (Fsp3) is 0.148. The van der Waals surface area contributed by atoms with Crippen LogP contribution in [0.1, 0.15) is 22.3 Å². The van der Waals surface area contributed by atoms with Crippen LogP contribution in [0.5, 0.6) is 11.5 Å². The summed E-state index contributed by atoms with van der Waals surface area (Å²) in [6, 6.07) is 13.1. The van der Waals surface area contributed by atoms with E-state index in [-0.39, 0.29) is 28.0 Å². The Kier molecular flexibility index (Phi) is 6.70. The predicted octanol–water partition coefficient (Wildman–Crippen LogP) is 4.26. The van der Waals surface area contributed by atoms with Crippen LogP contribution in [0, 0.1) is 0 Å². The average molecular weight is 518 g/mol. The molecule has 0 saturated carbocycles. The molecule has 3 heterocycles. The summed E-state index contributed by atoms with van der Waals surface area (Å²) in [7, 11) is 2.00. The van der Waals surface area contributed by atoms with Gasteiger partial charge in [0.25, 0.3) is 5.91 Å². The van der Waals surface area contributed by atoms with Gasteiger partial charge in [0.1, 0.15) is 27.7 Å². The van der Waals surface area contributed by atoms with Gasteiger partial charge >= 0.3 is 0 Å². The van der Waals surface area contributed by atoms with Crippen molar-refractivity contribution in [3.05, 3.63) is 82.2 Å². The van der Waals surface area contributed by atoms with Gasteiger partial charge in [0.05, 0.1) is 11.1 Å². The number of carbonyl (C=O) groups excluding carboxylic acids is 1. The number of likely N-dealkylation sites (N-methyl/N-ethyl adjacent to an activating group) is 1. The Morgan fingerprint density at radius 2 is 1.89 bits per heavy atom. The van der Waals surface area contributed by atoms with Crippen molar-refractivity contribution in [2.45, 2.75) is 16.3 Å². The van der Waals surface area contributed by atoms with Crippen LogP contribution in [-0.2, 0) is 0 Å². The first-order chi connectivity index (χ1) is 17.8. The van der Waals surface area contributed by atoms with Gasteiger partial charge < -0.3 is 19.5 Å². The van der Waals surface area contributed by atoms with Crippen molar-refractivity contribution < 1.29 is 24.6 Å². The van der Waals surface area contributed by atoms with Gasteiger partial charge in [-0.15, -0.1) is 0 Å². The highest BCUT2D eigenvalue weighted by Gasteiger charge is 2.22. The quantitative estimate of drug-likeness (QED) is 0.226. The molecule has 4 aromatic rings. The number of pyridine rings is 1. The van der Waals surface area contributed by atoms with Crippen LogP contribution in [0.4, 0.5) is 0 Å². The normalized spacial score (nSPS) is 13.9. The van der Waals surface area contributed by atoms with Crippen LogP contribution >= 0.6 is 11.8 Å². The van der Waals surface area contributed by atoms with E-state index in [0.717, 1.165) is 17.0 Å². The van der Waals surface area contributed by atoms with E-state index < -0.39 is 11.3 Å². The zero-order valence-electron chi connectivity index (χ0n) is 19.8. The van der Waals surface area contributed by atoms with E-state index in [0.29, 0.717) is 34.9 Å². The molecule has 2 aromatic carbocycles. The van der Waals surface area contributed by atoms with E-state index in [4.69, 9.17) is 9.62 Å². The molecular formula is C27H23N3O6S. The molecule has 37 heavy (non-hydrogen) atoms. The van der Waals surface area contributed by atoms with Crippen LogP contribution < -0.4 is 10.9 Å². The smallest absolute Gasteiger partial charge is 0.276 e. The zero-order valence-corrected chi connectivity index (χ0v) is 20.6. The minimum atomic E-state index is -0.637. The number of aromatic nitrogens is 1. The van der Waals surface area contributed by atoms with Crippen LogP contribution in [0.25, 0.3) is 27.9 Å². The van der Waals surface area contributed by atoms with E-state index in [2.05, 4.69) is 9.88 Å². The number of fused-ring (bicyclic) bond motifs is 1. The van der Waals surface area contributed by atoms with Gasteiger partial charge in [-0.1, -0.05) is 30.0 Å². The highest BCUT2D eigenvalue weighted by Crippen LogP contribution is 2.40. The fourth-order valence-corrected chi connectivity index (χ4v) is 4.96. The summed E-state index contributed by atoms with van der Waals surface area (Å²) in [4.78, 5) is 31.7. The third-order valence-corrected chi connectivity index (χ3v) is 7.11. The summed E-state index contributed by atoms with van der Waals surface area (Å²) in [5.74, 6) is -0.789. The number of phenolic OH excluding ortho intramolecular Hbond substituents is 2. The molecule has 1 aliphatic rings. The van der Waals surface area contributed by atoms with E-state index in [1.54, 1.807) is 29.7 Å². The Hall–Kier alpha value is -4.12. The number of amides is 1. The Balaban J connectivity index is 1.49. The molecule has 0 aliphatic carbocycles. The number of carbonyl (C=O) groups is 1. The predicted molar refractivity (Wildman–Crippen MR) is 139 cm³/mol. The monoisotopic (exact) mass is 517 g/mol. The minimum absolute atomic E-state index is 0.0351. The highest BCUT2D eigenvalue weighted by atomic mass is 32.2. The molecule has 0 atom stereocenters. The molecule has 1 amide bonds. The Bertz CT molecular complexity index is 1580. The summed E-state index contributed by atoms with van der Waals surface area (Å²) < 4.78 is 6.15. The van der Waals surface area contributed by atoms with Crippen molar-refractivity contribution in [3.8, 4) is 22.8 Å². The Morgan fingerprint density at radius 1 is 1.11 bits per heavy atom. The number of nitrogens with zero attached hydrogens (tertiary/aromatic N) is 2. The van der Waals surface area contributed by atoms with E-state index >= 15 is 0 Å². The number of rotatable bonds is 5. The molecule has 0 radical (unpaired) electrons. The fourth-order valence-electron chi connectivity index (χ4n) is 4.20. The summed E-state index contributed by atoms with van der Waals surface area (Å²) >= 11 is 1.38. The lowest BCUT2D eigenvalue weighted by Crippen LogP contribution is -2.23. The lowest BCUT2D eigenvalue weighted by molar-refractivity contribution is 0.0706. The standard InChI is InChI=1S/C27H23N3O6S/c1-30-10-8-16(9-11-30)24-19(31)12-20(32)25-21(33)13-22(36-26(24)25)15-2-5-18(6-3-15)37-23-7-4-17(14-28-23)27(34)29-35/h2-8,12-14,31-32,35H,9-11H2,1H3,(H,29,34). The largest absolute Gasteiger partial charge is 0.507 e. The topological polar surface area (TPSA) is 136 Å². The maximum atomic E-state index is 13.0. The molecule has 5 rings (SSSR count). The second-order valence-electron chi connectivity index (χ2n) is 8.66. The van der Waals surface area contributed by atoms with Crippen molar-refractivity contribution >= 4 is 34.2 Å². The molecule has 188 valence electrons. The number of hydroxylamine groups is 1. The first kappa shape index (κ1) is 24.6. The maximum Gasteiger partial charge on any atom is 0.276 e. The molecule has 0 unspecified atom stereocenters. The first-order valence-electron chi connectivity index (χ1n) is 11.4. The van der Waals surface area contributed by atoms with E-state index in [1.807, 2.05) is 25.3 Å². The molecule has 2 aromatic heterocycles. The van der Waals surface area contributed by atoms with Gasteiger partial charge in [-0.25, -0.2) is 10.5 Å². The van der Waals surface area contributed by atoms with Crippen LogP contribution in [0.2, 0.25) is 0 Å². The van der Waals surface area contributed by atoms with Crippen molar-refractivity contribution in [1.82, 2.24) is 15.4 Å².